The number of imidazole rings is 1. The number of halogens is 1. The van der Waals surface area contributed by atoms with Crippen LogP contribution in [0.2, 0.25) is 5.02 Å². The van der Waals surface area contributed by atoms with Crippen molar-refractivity contribution in [3.8, 4) is 0 Å². The topological polar surface area (TPSA) is 93.0 Å². The van der Waals surface area contributed by atoms with Crippen LogP contribution in [0.3, 0.4) is 0 Å². The zero-order chi connectivity index (χ0) is 18.8. The molecular formula is C19H20ClN5O2. The largest absolute Gasteiger partial charge is 0.371 e. The predicted octanol–water partition coefficient (Wildman–Crippen LogP) is 3.43. The van der Waals surface area contributed by atoms with Crippen molar-refractivity contribution in [1.29, 1.82) is 0 Å². The molecular weight excluding hydrogens is 366 g/mol. The molecule has 0 aliphatic carbocycles. The summed E-state index contributed by atoms with van der Waals surface area (Å²) in [5.74, 6) is 0. The Balaban J connectivity index is 1.47. The zero-order valence-electron chi connectivity index (χ0n) is 14.6. The number of fused-ring (bicyclic) bond motifs is 1. The van der Waals surface area contributed by atoms with Crippen LogP contribution >= 0.6 is 11.6 Å². The number of para-hydroxylation sites is 1. The maximum atomic E-state index is 12.4. The van der Waals surface area contributed by atoms with E-state index in [1.54, 1.807) is 18.2 Å². The van der Waals surface area contributed by atoms with Gasteiger partial charge in [0.15, 0.2) is 0 Å². The molecule has 1 aliphatic heterocycles. The van der Waals surface area contributed by atoms with E-state index in [9.17, 15) is 9.59 Å². The molecule has 2 amide bonds. The third kappa shape index (κ3) is 3.78. The number of nitrogens with zero attached hydrogens (tertiary/aromatic N) is 1. The van der Waals surface area contributed by atoms with Gasteiger partial charge in [0.25, 0.3) is 0 Å². The number of hydrogen-bond donors (Lipinski definition) is 4. The minimum atomic E-state index is -0.341. The molecule has 0 bridgehead atoms. The highest BCUT2D eigenvalue weighted by atomic mass is 35.5. The molecule has 27 heavy (non-hydrogen) atoms. The first-order valence-electron chi connectivity index (χ1n) is 8.89. The SMILES string of the molecule is O=C(NCc1ccc(Cl)cc1N1CCCC1)Nc1cccc2[nH]c(=O)[nH]c12. The minimum absolute atomic E-state index is 0.309. The molecule has 1 aromatic heterocycles. The number of carbonyl (C=O) groups is 1. The molecule has 7 nitrogen and oxygen atoms in total. The van der Waals surface area contributed by atoms with E-state index in [0.717, 1.165) is 24.3 Å². The summed E-state index contributed by atoms with van der Waals surface area (Å²) < 4.78 is 0. The number of rotatable bonds is 4. The first-order valence-corrected chi connectivity index (χ1v) is 9.27. The van der Waals surface area contributed by atoms with Crippen molar-refractivity contribution in [2.45, 2.75) is 19.4 Å². The highest BCUT2D eigenvalue weighted by Crippen LogP contribution is 2.28. The van der Waals surface area contributed by atoms with E-state index >= 15 is 0 Å². The summed E-state index contributed by atoms with van der Waals surface area (Å²) in [5, 5.41) is 6.36. The van der Waals surface area contributed by atoms with E-state index < -0.39 is 0 Å². The molecule has 0 spiro atoms. The third-order valence-corrected chi connectivity index (χ3v) is 4.97. The fourth-order valence-electron chi connectivity index (χ4n) is 3.44. The van der Waals surface area contributed by atoms with Crippen molar-refractivity contribution in [3.63, 3.8) is 0 Å². The summed E-state index contributed by atoms with van der Waals surface area (Å²) in [6.07, 6.45) is 2.33. The second kappa shape index (κ2) is 7.36. The van der Waals surface area contributed by atoms with Gasteiger partial charge in [-0.3, -0.25) is 0 Å². The first kappa shape index (κ1) is 17.5. The maximum Gasteiger partial charge on any atom is 0.323 e. The lowest BCUT2D eigenvalue weighted by Gasteiger charge is -2.22. The number of urea groups is 1. The van der Waals surface area contributed by atoms with Crippen molar-refractivity contribution in [2.24, 2.45) is 0 Å². The lowest BCUT2D eigenvalue weighted by atomic mass is 10.1. The Morgan fingerprint density at radius 2 is 1.96 bits per heavy atom. The van der Waals surface area contributed by atoms with Gasteiger partial charge in [-0.05, 0) is 42.7 Å². The number of carbonyl (C=O) groups excluding carboxylic acids is 1. The minimum Gasteiger partial charge on any atom is -0.371 e. The standard InChI is InChI=1S/C19H20ClN5O2/c20-13-7-6-12(16(10-13)25-8-1-2-9-25)11-21-18(26)22-14-4-3-5-15-17(14)24-19(27)23-15/h3-7,10H,1-2,8-9,11H2,(H2,21,22,26)(H2,23,24,27). The van der Waals surface area contributed by atoms with E-state index in [1.165, 1.54) is 12.8 Å². The van der Waals surface area contributed by atoms with Crippen LogP contribution in [0.25, 0.3) is 11.0 Å². The molecule has 0 saturated carbocycles. The Hall–Kier alpha value is -2.93. The molecule has 4 N–H and O–H groups in total. The molecule has 1 aliphatic rings. The maximum absolute atomic E-state index is 12.4. The Bertz CT molecular complexity index is 1040. The molecule has 2 heterocycles. The molecule has 3 aromatic rings. The van der Waals surface area contributed by atoms with Gasteiger partial charge in [0.1, 0.15) is 0 Å². The quantitative estimate of drug-likeness (QED) is 0.554. The summed E-state index contributed by atoms with van der Waals surface area (Å²) in [6, 6.07) is 10.7. The number of nitrogens with one attached hydrogen (secondary N) is 4. The molecule has 0 atom stereocenters. The molecule has 2 aromatic carbocycles. The van der Waals surface area contributed by atoms with Crippen LogP contribution in [0, 0.1) is 0 Å². The molecule has 4 rings (SSSR count). The Labute approximate surface area is 160 Å². The van der Waals surface area contributed by atoms with E-state index in [1.807, 2.05) is 18.2 Å². The van der Waals surface area contributed by atoms with Gasteiger partial charge in [-0.1, -0.05) is 23.7 Å². The Morgan fingerprint density at radius 3 is 2.78 bits per heavy atom. The van der Waals surface area contributed by atoms with Crippen molar-refractivity contribution >= 4 is 40.0 Å². The highest BCUT2D eigenvalue weighted by molar-refractivity contribution is 6.30. The van der Waals surface area contributed by atoms with Gasteiger partial charge in [0.05, 0.1) is 16.7 Å². The number of H-pyrrole nitrogens is 2. The normalized spacial score (nSPS) is 13.9. The van der Waals surface area contributed by atoms with Gasteiger partial charge in [0.2, 0.25) is 0 Å². The summed E-state index contributed by atoms with van der Waals surface area (Å²) in [6.45, 7) is 2.39. The van der Waals surface area contributed by atoms with E-state index in [2.05, 4.69) is 25.5 Å². The van der Waals surface area contributed by atoms with E-state index in [0.29, 0.717) is 28.3 Å². The van der Waals surface area contributed by atoms with Crippen LogP contribution < -0.4 is 21.2 Å². The van der Waals surface area contributed by atoms with Crippen LogP contribution in [-0.4, -0.2) is 29.1 Å². The summed E-state index contributed by atoms with van der Waals surface area (Å²) >= 11 is 6.16. The molecule has 0 unspecified atom stereocenters. The van der Waals surface area contributed by atoms with Gasteiger partial charge in [0, 0.05) is 30.3 Å². The molecule has 0 radical (unpaired) electrons. The summed E-state index contributed by atoms with van der Waals surface area (Å²) in [5.41, 5.74) is 3.53. The second-order valence-electron chi connectivity index (χ2n) is 6.58. The van der Waals surface area contributed by atoms with Crippen molar-refractivity contribution < 1.29 is 4.79 Å². The monoisotopic (exact) mass is 385 g/mol. The van der Waals surface area contributed by atoms with Gasteiger partial charge in [-0.25, -0.2) is 9.59 Å². The van der Waals surface area contributed by atoms with Gasteiger partial charge >= 0.3 is 11.7 Å². The highest BCUT2D eigenvalue weighted by Gasteiger charge is 2.17. The van der Waals surface area contributed by atoms with Crippen LogP contribution in [0.5, 0.6) is 0 Å². The number of amides is 2. The number of benzene rings is 2. The van der Waals surface area contributed by atoms with Gasteiger partial charge < -0.3 is 25.5 Å². The number of anilines is 2. The molecule has 1 fully saturated rings. The lowest BCUT2D eigenvalue weighted by molar-refractivity contribution is 0.252. The second-order valence-corrected chi connectivity index (χ2v) is 7.02. The van der Waals surface area contributed by atoms with Crippen molar-refractivity contribution in [2.75, 3.05) is 23.3 Å². The average molecular weight is 386 g/mol. The summed E-state index contributed by atoms with van der Waals surface area (Å²) in [4.78, 5) is 31.5. The van der Waals surface area contributed by atoms with Gasteiger partial charge in [-0.15, -0.1) is 0 Å². The number of aromatic nitrogens is 2. The first-order chi connectivity index (χ1) is 13.1. The van der Waals surface area contributed by atoms with Crippen LogP contribution in [0.15, 0.2) is 41.2 Å². The van der Waals surface area contributed by atoms with E-state index in [-0.39, 0.29) is 11.7 Å². The lowest BCUT2D eigenvalue weighted by Crippen LogP contribution is -2.29. The van der Waals surface area contributed by atoms with Crippen molar-refractivity contribution in [1.82, 2.24) is 15.3 Å². The number of aromatic amines is 2. The molecule has 1 saturated heterocycles. The zero-order valence-corrected chi connectivity index (χ0v) is 15.4. The van der Waals surface area contributed by atoms with Crippen LogP contribution in [0.4, 0.5) is 16.2 Å². The fraction of sp³-hybridized carbons (Fsp3) is 0.263. The fourth-order valence-corrected chi connectivity index (χ4v) is 3.61. The van der Waals surface area contributed by atoms with Crippen LogP contribution in [-0.2, 0) is 6.54 Å². The van der Waals surface area contributed by atoms with E-state index in [4.69, 9.17) is 11.6 Å². The van der Waals surface area contributed by atoms with Crippen molar-refractivity contribution in [3.05, 3.63) is 57.5 Å². The summed E-state index contributed by atoms with van der Waals surface area (Å²) in [7, 11) is 0. The molecule has 140 valence electrons. The Kier molecular flexibility index (Phi) is 4.77. The average Bonchev–Trinajstić information content (AvgIpc) is 3.30. The smallest absolute Gasteiger partial charge is 0.323 e. The number of hydrogen-bond acceptors (Lipinski definition) is 3. The molecule has 8 heteroatoms. The van der Waals surface area contributed by atoms with Crippen LogP contribution in [0.1, 0.15) is 18.4 Å². The predicted molar refractivity (Wildman–Crippen MR) is 108 cm³/mol. The van der Waals surface area contributed by atoms with Gasteiger partial charge in [-0.2, -0.15) is 0 Å². The third-order valence-electron chi connectivity index (χ3n) is 4.73. The Morgan fingerprint density at radius 1 is 1.15 bits per heavy atom.